The molecule has 1 radical (unpaired) electrons. The van der Waals surface area contributed by atoms with Crippen LogP contribution in [0.2, 0.25) is 0 Å². The van der Waals surface area contributed by atoms with Crippen LogP contribution in [-0.2, 0) is 5.60 Å². The maximum Gasteiger partial charge on any atom is 0.140 e. The van der Waals surface area contributed by atoms with Crippen molar-refractivity contribution in [3.05, 3.63) is 108 Å². The minimum atomic E-state index is -1.12. The van der Waals surface area contributed by atoms with E-state index in [-0.39, 0.29) is 51.4 Å². The molecule has 0 unspecified atom stereocenters. The zero-order valence-corrected chi connectivity index (χ0v) is 15.2. The monoisotopic (exact) mass is 299 g/mol. The van der Waals surface area contributed by atoms with E-state index in [2.05, 4.69) is 0 Å². The third-order valence-electron chi connectivity index (χ3n) is 3.57. The first-order chi connectivity index (χ1) is 9.82. The van der Waals surface area contributed by atoms with Crippen LogP contribution in [0.15, 0.2) is 91.0 Å². The Balaban J connectivity index is 0.00000161. The Labute approximate surface area is 168 Å². The zero-order chi connectivity index (χ0) is 13.8. The number of rotatable bonds is 3. The van der Waals surface area contributed by atoms with Crippen molar-refractivity contribution in [3.8, 4) is 0 Å². The average molecular weight is 299 g/mol. The molecule has 0 aliphatic rings. The molecule has 3 rings (SSSR count). The van der Waals surface area contributed by atoms with Crippen molar-refractivity contribution in [1.29, 1.82) is 0 Å². The molecule has 0 spiro atoms. The number of hydrogen-bond acceptors (Lipinski definition) is 1. The molecule has 0 aromatic heterocycles. The minimum Gasteiger partial charge on any atom is -0.376 e. The van der Waals surface area contributed by atoms with E-state index in [1.54, 1.807) is 0 Å². The van der Waals surface area contributed by atoms with Gasteiger partial charge < -0.3 is 5.11 Å². The fourth-order valence-corrected chi connectivity index (χ4v) is 2.54. The summed E-state index contributed by atoms with van der Waals surface area (Å²) in [7, 11) is 0. The van der Waals surface area contributed by atoms with Gasteiger partial charge in [0.25, 0.3) is 0 Å². The first-order valence-electron chi connectivity index (χ1n) is 6.71. The van der Waals surface area contributed by atoms with Gasteiger partial charge >= 0.3 is 0 Å². The van der Waals surface area contributed by atoms with Crippen LogP contribution in [-0.4, -0.2) is 56.5 Å². The van der Waals surface area contributed by atoms with Gasteiger partial charge in [0.1, 0.15) is 5.60 Å². The van der Waals surface area contributed by atoms with Crippen molar-refractivity contribution in [2.24, 2.45) is 0 Å². The standard InChI is InChI=1S/C19H16O.K/c20-19(16-10-4-1-5-11-16,17-12-6-2-7-13-17)18-14-8-3-9-15-18;/h1-15,20H;. The van der Waals surface area contributed by atoms with Crippen LogP contribution in [0.3, 0.4) is 0 Å². The van der Waals surface area contributed by atoms with Gasteiger partial charge in [-0.2, -0.15) is 0 Å². The molecule has 0 heterocycles. The van der Waals surface area contributed by atoms with Gasteiger partial charge in [-0.1, -0.05) is 91.0 Å². The van der Waals surface area contributed by atoms with Crippen LogP contribution in [0.1, 0.15) is 16.7 Å². The Hall–Kier alpha value is -0.744. The Kier molecular flexibility index (Phi) is 5.94. The van der Waals surface area contributed by atoms with E-state index in [0.29, 0.717) is 0 Å². The van der Waals surface area contributed by atoms with Crippen LogP contribution < -0.4 is 0 Å². The molecule has 0 aliphatic heterocycles. The molecule has 3 aromatic rings. The second-order valence-electron chi connectivity index (χ2n) is 4.81. The van der Waals surface area contributed by atoms with Crippen LogP contribution >= 0.6 is 0 Å². The van der Waals surface area contributed by atoms with Crippen LogP contribution in [0, 0.1) is 0 Å². The molecule has 1 nitrogen and oxygen atoms in total. The summed E-state index contributed by atoms with van der Waals surface area (Å²) in [5.41, 5.74) is 1.50. The van der Waals surface area contributed by atoms with Crippen LogP contribution in [0.25, 0.3) is 0 Å². The van der Waals surface area contributed by atoms with E-state index in [1.165, 1.54) is 0 Å². The molecule has 2 heteroatoms. The summed E-state index contributed by atoms with van der Waals surface area (Å²) in [6.45, 7) is 0. The van der Waals surface area contributed by atoms with Gasteiger partial charge in [-0.3, -0.25) is 0 Å². The molecule has 0 fully saturated rings. The van der Waals surface area contributed by atoms with Crippen LogP contribution in [0.4, 0.5) is 0 Å². The molecule has 0 bridgehead atoms. The minimum absolute atomic E-state index is 0. The largest absolute Gasteiger partial charge is 0.376 e. The molecule has 21 heavy (non-hydrogen) atoms. The molecular formula is C19H16KO. The quantitative estimate of drug-likeness (QED) is 0.579. The van der Waals surface area contributed by atoms with Gasteiger partial charge in [0, 0.05) is 51.4 Å². The summed E-state index contributed by atoms with van der Waals surface area (Å²) in [5, 5.41) is 11.4. The average Bonchev–Trinajstić information content (AvgIpc) is 2.56. The Bertz CT molecular complexity index is 569. The van der Waals surface area contributed by atoms with E-state index >= 15 is 0 Å². The van der Waals surface area contributed by atoms with Crippen molar-refractivity contribution >= 4 is 51.4 Å². The SMILES string of the molecule is OC(c1ccccc1)(c1ccccc1)c1ccccc1.[K]. The Morgan fingerprint density at radius 3 is 0.952 bits per heavy atom. The fourth-order valence-electron chi connectivity index (χ4n) is 2.54. The Morgan fingerprint density at radius 1 is 0.476 bits per heavy atom. The third-order valence-corrected chi connectivity index (χ3v) is 3.57. The molecule has 1 N–H and O–H groups in total. The maximum absolute atomic E-state index is 11.4. The van der Waals surface area contributed by atoms with E-state index in [0.717, 1.165) is 16.7 Å². The van der Waals surface area contributed by atoms with Crippen LogP contribution in [0.5, 0.6) is 0 Å². The normalized spacial score (nSPS) is 10.7. The maximum atomic E-state index is 11.4. The number of hydrogen-bond donors (Lipinski definition) is 1. The van der Waals surface area contributed by atoms with Gasteiger partial charge in [-0.15, -0.1) is 0 Å². The molecule has 0 amide bonds. The number of benzene rings is 3. The summed E-state index contributed by atoms with van der Waals surface area (Å²) >= 11 is 0. The van der Waals surface area contributed by atoms with Crippen molar-refractivity contribution in [1.82, 2.24) is 0 Å². The summed E-state index contributed by atoms with van der Waals surface area (Å²) < 4.78 is 0. The molecule has 0 saturated heterocycles. The van der Waals surface area contributed by atoms with Gasteiger partial charge in [0.2, 0.25) is 0 Å². The Morgan fingerprint density at radius 2 is 0.714 bits per heavy atom. The van der Waals surface area contributed by atoms with Crippen molar-refractivity contribution in [2.45, 2.75) is 5.60 Å². The van der Waals surface area contributed by atoms with E-state index < -0.39 is 5.60 Å². The van der Waals surface area contributed by atoms with Gasteiger partial charge in [-0.05, 0) is 16.7 Å². The summed E-state index contributed by atoms with van der Waals surface area (Å²) in [5.74, 6) is 0. The smallest absolute Gasteiger partial charge is 0.140 e. The molecule has 3 aromatic carbocycles. The van der Waals surface area contributed by atoms with E-state index in [1.807, 2.05) is 91.0 Å². The molecular weight excluding hydrogens is 283 g/mol. The molecule has 0 atom stereocenters. The molecule has 0 saturated carbocycles. The van der Waals surface area contributed by atoms with Gasteiger partial charge in [0.15, 0.2) is 0 Å². The summed E-state index contributed by atoms with van der Waals surface area (Å²) in [6.07, 6.45) is 0. The second-order valence-corrected chi connectivity index (χ2v) is 4.81. The molecule has 0 aliphatic carbocycles. The molecule has 99 valence electrons. The van der Waals surface area contributed by atoms with Crippen molar-refractivity contribution in [3.63, 3.8) is 0 Å². The third kappa shape index (κ3) is 3.37. The zero-order valence-electron chi connectivity index (χ0n) is 12.1. The van der Waals surface area contributed by atoms with Crippen molar-refractivity contribution in [2.75, 3.05) is 0 Å². The summed E-state index contributed by atoms with van der Waals surface area (Å²) in [6, 6.07) is 29.3. The second kappa shape index (κ2) is 7.50. The van der Waals surface area contributed by atoms with Crippen molar-refractivity contribution < 1.29 is 5.11 Å². The van der Waals surface area contributed by atoms with Gasteiger partial charge in [-0.25, -0.2) is 0 Å². The van der Waals surface area contributed by atoms with E-state index in [4.69, 9.17) is 0 Å². The first kappa shape index (κ1) is 16.6. The van der Waals surface area contributed by atoms with Gasteiger partial charge in [0.05, 0.1) is 0 Å². The first-order valence-corrected chi connectivity index (χ1v) is 6.71. The number of aliphatic hydroxyl groups is 1. The predicted octanol–water partition coefficient (Wildman–Crippen LogP) is 3.59. The predicted molar refractivity (Wildman–Crippen MR) is 87.2 cm³/mol. The fraction of sp³-hybridized carbons (Fsp3) is 0.0526. The topological polar surface area (TPSA) is 20.2 Å². The summed E-state index contributed by atoms with van der Waals surface area (Å²) in [4.78, 5) is 0. The van der Waals surface area contributed by atoms with E-state index in [9.17, 15) is 5.11 Å².